The van der Waals surface area contributed by atoms with Crippen molar-refractivity contribution < 1.29 is 9.53 Å². The lowest BCUT2D eigenvalue weighted by Gasteiger charge is -2.31. The van der Waals surface area contributed by atoms with Crippen LogP contribution in [0, 0.1) is 0 Å². The molecular weight excluding hydrogens is 262 g/mol. The van der Waals surface area contributed by atoms with Crippen molar-refractivity contribution in [2.24, 2.45) is 0 Å². The Morgan fingerprint density at radius 3 is 2.95 bits per heavy atom. The molecule has 4 heteroatoms. The van der Waals surface area contributed by atoms with Gasteiger partial charge in [0.1, 0.15) is 11.3 Å². The van der Waals surface area contributed by atoms with E-state index in [0.717, 1.165) is 11.3 Å². The second-order valence-corrected chi connectivity index (χ2v) is 5.00. The van der Waals surface area contributed by atoms with Crippen LogP contribution < -0.4 is 4.74 Å². The van der Waals surface area contributed by atoms with Crippen molar-refractivity contribution in [2.45, 2.75) is 25.3 Å². The van der Waals surface area contributed by atoms with E-state index in [-0.39, 0.29) is 11.4 Å². The van der Waals surface area contributed by atoms with Crippen LogP contribution in [0.25, 0.3) is 5.57 Å². The summed E-state index contributed by atoms with van der Waals surface area (Å²) in [5, 5.41) is 0. The Morgan fingerprint density at radius 2 is 2.32 bits per heavy atom. The molecule has 0 spiro atoms. The molecule has 1 atom stereocenters. The Labute approximate surface area is 118 Å². The van der Waals surface area contributed by atoms with Crippen molar-refractivity contribution in [1.82, 2.24) is 4.90 Å². The first-order chi connectivity index (χ1) is 9.15. The number of hydrogen-bond donors (Lipinski definition) is 0. The van der Waals surface area contributed by atoms with Crippen LogP contribution in [0.5, 0.6) is 5.75 Å². The Balaban J connectivity index is 2.19. The summed E-state index contributed by atoms with van der Waals surface area (Å²) in [5.74, 6) is 0.928. The predicted octanol–water partition coefficient (Wildman–Crippen LogP) is 3.29. The van der Waals surface area contributed by atoms with E-state index < -0.39 is 0 Å². The van der Waals surface area contributed by atoms with Crippen molar-refractivity contribution >= 4 is 23.1 Å². The Hall–Kier alpha value is -1.48. The third-order valence-electron chi connectivity index (χ3n) is 3.32. The lowest BCUT2D eigenvalue weighted by molar-refractivity contribution is -0.131. The third kappa shape index (κ3) is 3.10. The van der Waals surface area contributed by atoms with Crippen LogP contribution in [0.4, 0.5) is 0 Å². The minimum atomic E-state index is -0.265. The van der Waals surface area contributed by atoms with Gasteiger partial charge in [0, 0.05) is 19.4 Å². The number of ether oxygens (including phenoxy) is 1. The lowest BCUT2D eigenvalue weighted by atomic mass is 9.99. The van der Waals surface area contributed by atoms with E-state index in [1.165, 1.54) is 5.57 Å². The van der Waals surface area contributed by atoms with Gasteiger partial charge in [-0.2, -0.15) is 0 Å². The van der Waals surface area contributed by atoms with Crippen LogP contribution in [-0.2, 0) is 4.79 Å². The number of nitrogens with zero attached hydrogens (tertiary/aromatic N) is 1. The summed E-state index contributed by atoms with van der Waals surface area (Å²) in [4.78, 5) is 13.4. The topological polar surface area (TPSA) is 29.5 Å². The zero-order chi connectivity index (χ0) is 13.8. The van der Waals surface area contributed by atoms with E-state index >= 15 is 0 Å². The van der Waals surface area contributed by atoms with Crippen molar-refractivity contribution in [3.8, 4) is 5.75 Å². The largest absolute Gasteiger partial charge is 0.497 e. The summed E-state index contributed by atoms with van der Waals surface area (Å²) in [5.41, 5.74) is 2.01. The van der Waals surface area contributed by atoms with Crippen LogP contribution >= 0.6 is 11.6 Å². The Morgan fingerprint density at radius 1 is 1.53 bits per heavy atom. The predicted molar refractivity (Wildman–Crippen MR) is 77.2 cm³/mol. The fraction of sp³-hybridized carbons (Fsp3) is 0.400. The second kappa shape index (κ2) is 6.11. The van der Waals surface area contributed by atoms with Crippen LogP contribution in [0.1, 0.15) is 25.3 Å². The second-order valence-electron chi connectivity index (χ2n) is 4.50. The number of halogens is 1. The molecule has 1 unspecified atom stereocenters. The molecule has 3 nitrogen and oxygen atoms in total. The molecule has 0 fully saturated rings. The van der Waals surface area contributed by atoms with Crippen LogP contribution in [0.2, 0.25) is 0 Å². The van der Waals surface area contributed by atoms with E-state index in [0.29, 0.717) is 19.4 Å². The summed E-state index contributed by atoms with van der Waals surface area (Å²) >= 11 is 6.31. The summed E-state index contributed by atoms with van der Waals surface area (Å²) in [7, 11) is 1.65. The number of methoxy groups -OCH3 is 1. The average molecular weight is 280 g/mol. The first-order valence-corrected chi connectivity index (χ1v) is 6.86. The van der Waals surface area contributed by atoms with Crippen molar-refractivity contribution in [3.63, 3.8) is 0 Å². The molecule has 0 radical (unpaired) electrons. The van der Waals surface area contributed by atoms with Crippen LogP contribution in [0.3, 0.4) is 0 Å². The maximum Gasteiger partial charge on any atom is 0.223 e. The highest BCUT2D eigenvalue weighted by Gasteiger charge is 2.25. The van der Waals surface area contributed by atoms with Gasteiger partial charge in [0.15, 0.2) is 0 Å². The van der Waals surface area contributed by atoms with Crippen LogP contribution in [-0.4, -0.2) is 30.0 Å². The molecule has 1 amide bonds. The van der Waals surface area contributed by atoms with Gasteiger partial charge in [-0.05, 0) is 23.3 Å². The summed E-state index contributed by atoms with van der Waals surface area (Å²) in [6, 6.07) is 7.90. The van der Waals surface area contributed by atoms with Gasteiger partial charge in [0.25, 0.3) is 0 Å². The van der Waals surface area contributed by atoms with E-state index in [4.69, 9.17) is 16.3 Å². The SMILES string of the molecule is CCC(=O)N1CC=C(c2cccc(OC)c2)CC1Cl. The first kappa shape index (κ1) is 13.9. The number of carbonyl (C=O) groups is 1. The maximum absolute atomic E-state index is 11.7. The molecule has 1 aliphatic heterocycles. The molecular formula is C15H18ClNO2. The fourth-order valence-corrected chi connectivity index (χ4v) is 2.57. The number of amides is 1. The molecule has 0 bridgehead atoms. The highest BCUT2D eigenvalue weighted by atomic mass is 35.5. The Kier molecular flexibility index (Phi) is 4.48. The molecule has 0 aromatic heterocycles. The molecule has 1 aliphatic rings. The smallest absolute Gasteiger partial charge is 0.223 e. The first-order valence-electron chi connectivity index (χ1n) is 6.42. The van der Waals surface area contributed by atoms with Crippen molar-refractivity contribution in [2.75, 3.05) is 13.7 Å². The number of alkyl halides is 1. The van der Waals surface area contributed by atoms with E-state index in [1.54, 1.807) is 12.0 Å². The number of rotatable bonds is 3. The summed E-state index contributed by atoms with van der Waals surface area (Å²) in [6.07, 6.45) is 3.23. The molecule has 19 heavy (non-hydrogen) atoms. The maximum atomic E-state index is 11.7. The molecule has 0 saturated carbocycles. The van der Waals surface area contributed by atoms with Gasteiger partial charge in [0.05, 0.1) is 7.11 Å². The van der Waals surface area contributed by atoms with Crippen LogP contribution in [0.15, 0.2) is 30.3 Å². The van der Waals surface area contributed by atoms with Gasteiger partial charge >= 0.3 is 0 Å². The van der Waals surface area contributed by atoms with Crippen molar-refractivity contribution in [3.05, 3.63) is 35.9 Å². The monoisotopic (exact) mass is 279 g/mol. The number of carbonyl (C=O) groups excluding carboxylic acids is 1. The van der Waals surface area contributed by atoms with Gasteiger partial charge in [-0.3, -0.25) is 4.79 Å². The van der Waals surface area contributed by atoms with Gasteiger partial charge in [-0.1, -0.05) is 36.7 Å². The molecule has 1 heterocycles. The minimum Gasteiger partial charge on any atom is -0.497 e. The standard InChI is InChI=1S/C15H18ClNO2/c1-3-15(18)17-8-7-12(10-14(17)16)11-5-4-6-13(9-11)19-2/h4-7,9,14H,3,8,10H2,1-2H3. The molecule has 0 saturated heterocycles. The average Bonchev–Trinajstić information content (AvgIpc) is 2.46. The number of hydrogen-bond acceptors (Lipinski definition) is 2. The summed E-state index contributed by atoms with van der Waals surface area (Å²) < 4.78 is 5.22. The highest BCUT2D eigenvalue weighted by Crippen LogP contribution is 2.30. The highest BCUT2D eigenvalue weighted by molar-refractivity contribution is 6.22. The summed E-state index contributed by atoms with van der Waals surface area (Å²) in [6.45, 7) is 2.43. The zero-order valence-corrected chi connectivity index (χ0v) is 12.0. The molecule has 102 valence electrons. The van der Waals surface area contributed by atoms with E-state index in [9.17, 15) is 4.79 Å². The minimum absolute atomic E-state index is 0.0981. The van der Waals surface area contributed by atoms with E-state index in [1.807, 2.05) is 31.2 Å². The lowest BCUT2D eigenvalue weighted by Crippen LogP contribution is -2.39. The van der Waals surface area contributed by atoms with Gasteiger partial charge in [-0.25, -0.2) is 0 Å². The fourth-order valence-electron chi connectivity index (χ4n) is 2.22. The van der Waals surface area contributed by atoms with Gasteiger partial charge in [-0.15, -0.1) is 0 Å². The molecule has 2 rings (SSSR count). The molecule has 0 aliphatic carbocycles. The number of benzene rings is 1. The molecule has 1 aromatic carbocycles. The Bertz CT molecular complexity index is 499. The third-order valence-corrected chi connectivity index (χ3v) is 3.71. The molecule has 1 aromatic rings. The van der Waals surface area contributed by atoms with Crippen molar-refractivity contribution in [1.29, 1.82) is 0 Å². The molecule has 0 N–H and O–H groups in total. The van der Waals surface area contributed by atoms with E-state index in [2.05, 4.69) is 6.08 Å². The van der Waals surface area contributed by atoms with Gasteiger partial charge in [0.2, 0.25) is 5.91 Å². The van der Waals surface area contributed by atoms with Gasteiger partial charge < -0.3 is 9.64 Å². The normalized spacial score (nSPS) is 19.0. The quantitative estimate of drug-likeness (QED) is 0.628. The zero-order valence-electron chi connectivity index (χ0n) is 11.2.